The number of carbonyl (C=O) groups excluding carboxylic acids is 2. The molecule has 0 saturated carbocycles. The standard InChI is InChI=1S/C15H19N4O4.Fm/c1-11(21)18-4-6-19(7-5-18)14-3-2-12(9-16-14)8-13(15(22)23)17-10-20;/h2-3,9,13H,4-8H2,1H3,(H,17,20)(H,22,23);/q-1;/t13-;/m0./s1. The first-order valence-corrected chi connectivity index (χ1v) is 7.32. The van der Waals surface area contributed by atoms with Crippen LogP contribution in [0.5, 0.6) is 0 Å². The van der Waals surface area contributed by atoms with Crippen LogP contribution in [-0.2, 0) is 20.8 Å². The number of nitrogens with one attached hydrogen (secondary N) is 1. The number of hydrogen-bond acceptors (Lipinski definition) is 5. The zero-order valence-electron chi connectivity index (χ0n) is 13.1. The number of amides is 2. The minimum Gasteiger partial charge on any atom is -0.520 e. The molecule has 0 radical (unpaired) electrons. The van der Waals surface area contributed by atoms with Crippen molar-refractivity contribution in [1.29, 1.82) is 0 Å². The van der Waals surface area contributed by atoms with E-state index in [0.717, 1.165) is 5.82 Å². The number of anilines is 1. The Labute approximate surface area is 134 Å². The fraction of sp³-hybridized carbons (Fsp3) is 0.467. The SMILES string of the molecule is CC(=O)N1CCN(c2ccc(C[C@H](N[C-]=O)C(=O)O)cn2)CC1.[Fm]. The van der Waals surface area contributed by atoms with Crippen LogP contribution in [0.3, 0.4) is 0 Å². The normalized spacial score (nSPS) is 15.2. The second kappa shape index (κ2) is 8.11. The van der Waals surface area contributed by atoms with Crippen LogP contribution < -0.4 is 10.2 Å². The first-order valence-electron chi connectivity index (χ1n) is 7.32. The molecule has 1 aliphatic heterocycles. The monoisotopic (exact) mass is 576 g/mol. The van der Waals surface area contributed by atoms with Crippen molar-refractivity contribution in [2.75, 3.05) is 31.1 Å². The van der Waals surface area contributed by atoms with E-state index in [-0.39, 0.29) is 12.3 Å². The number of carbonyl (C=O) groups is 2. The molecule has 1 aromatic heterocycles. The molecule has 2 heterocycles. The largest absolute Gasteiger partial charge is 0.520 e. The molecule has 1 aliphatic rings. The van der Waals surface area contributed by atoms with Crippen molar-refractivity contribution in [3.05, 3.63) is 23.9 Å². The van der Waals surface area contributed by atoms with Gasteiger partial charge in [0, 0.05) is 45.7 Å². The number of aromatic nitrogens is 1. The summed E-state index contributed by atoms with van der Waals surface area (Å²) >= 11 is 0. The summed E-state index contributed by atoms with van der Waals surface area (Å²) < 4.78 is 0. The van der Waals surface area contributed by atoms with Gasteiger partial charge in [0.15, 0.2) is 0 Å². The Morgan fingerprint density at radius 3 is 2.46 bits per heavy atom. The average Bonchev–Trinajstić information content (AvgIpc) is 2.55. The predicted molar refractivity (Wildman–Crippen MR) is 82.7 cm³/mol. The van der Waals surface area contributed by atoms with Crippen LogP contribution in [0, 0.1) is 0 Å². The molecular formula is C15H19FmN4O4-. The van der Waals surface area contributed by atoms with Crippen LogP contribution >= 0.6 is 0 Å². The van der Waals surface area contributed by atoms with Crippen molar-refractivity contribution in [3.8, 4) is 0 Å². The molecule has 2 rings (SSSR count). The Hall–Kier alpha value is -3.64. The number of rotatable bonds is 6. The molecular weight excluding hydrogens is 557 g/mol. The molecule has 2 N–H and O–H groups in total. The molecule has 0 aromatic carbocycles. The van der Waals surface area contributed by atoms with Crippen LogP contribution in [0.15, 0.2) is 18.3 Å². The first-order chi connectivity index (χ1) is 11.0. The first kappa shape index (κ1) is 18.4. The number of piperazine rings is 1. The number of carboxylic acids is 1. The molecule has 8 nitrogen and oxygen atoms in total. The van der Waals surface area contributed by atoms with E-state index in [1.54, 1.807) is 24.1 Å². The second-order valence-corrected chi connectivity index (χ2v) is 5.36. The third-order valence-electron chi connectivity index (χ3n) is 3.83. The fourth-order valence-electron chi connectivity index (χ4n) is 2.48. The van der Waals surface area contributed by atoms with Gasteiger partial charge in [0.2, 0.25) is 5.91 Å². The Morgan fingerprint density at radius 1 is 1.33 bits per heavy atom. The van der Waals surface area contributed by atoms with Gasteiger partial charge in [-0.2, -0.15) is 6.41 Å². The number of pyridine rings is 1. The van der Waals surface area contributed by atoms with Crippen molar-refractivity contribution < 1.29 is 19.5 Å². The maximum Gasteiger partial charge on any atom is 0.323 e. The molecule has 0 bridgehead atoms. The van der Waals surface area contributed by atoms with Gasteiger partial charge in [0.1, 0.15) is 11.9 Å². The van der Waals surface area contributed by atoms with Gasteiger partial charge in [-0.25, -0.2) is 4.98 Å². The van der Waals surface area contributed by atoms with E-state index in [1.807, 2.05) is 6.07 Å². The zero-order valence-corrected chi connectivity index (χ0v) is 15.6. The maximum absolute atomic E-state index is 11.3. The summed E-state index contributed by atoms with van der Waals surface area (Å²) in [4.78, 5) is 40.8. The smallest absolute Gasteiger partial charge is 0.323 e. The molecule has 24 heavy (non-hydrogen) atoms. The fourth-order valence-corrected chi connectivity index (χ4v) is 2.48. The molecule has 1 fully saturated rings. The third-order valence-corrected chi connectivity index (χ3v) is 3.83. The summed E-state index contributed by atoms with van der Waals surface area (Å²) in [5.74, 6) is -0.247. The van der Waals surface area contributed by atoms with Gasteiger partial charge < -0.3 is 25.0 Å². The van der Waals surface area contributed by atoms with Crippen molar-refractivity contribution in [2.24, 2.45) is 0 Å². The quantitative estimate of drug-likeness (QED) is 0.347. The minimum atomic E-state index is -1.11. The van der Waals surface area contributed by atoms with E-state index >= 15 is 0 Å². The molecule has 0 aliphatic carbocycles. The maximum atomic E-state index is 11.3. The van der Waals surface area contributed by atoms with Crippen LogP contribution in [0.2, 0.25) is 0 Å². The minimum absolute atomic E-state index is 0. The van der Waals surface area contributed by atoms with E-state index in [2.05, 4.69) is 15.2 Å². The van der Waals surface area contributed by atoms with Gasteiger partial charge >= 0.3 is 5.97 Å². The Kier molecular flexibility index (Phi) is 6.22. The number of nitrogens with zero attached hydrogens (tertiary/aromatic N) is 3. The number of hydrogen-bond donors (Lipinski definition) is 2. The molecule has 136 valence electrons. The average molecular weight is 576 g/mol. The zero-order chi connectivity index (χ0) is 16.8. The number of aliphatic carboxylic acids is 1. The van der Waals surface area contributed by atoms with Crippen molar-refractivity contribution in [3.63, 3.8) is 0 Å². The van der Waals surface area contributed by atoms with Crippen LogP contribution in [0.25, 0.3) is 0 Å². The molecule has 9 heteroatoms. The topological polar surface area (TPSA) is 103 Å². The van der Waals surface area contributed by atoms with Gasteiger partial charge in [-0.1, -0.05) is 6.07 Å². The van der Waals surface area contributed by atoms with Crippen LogP contribution in [-0.4, -0.2) is 65.5 Å². The second-order valence-electron chi connectivity index (χ2n) is 5.36. The molecule has 1 atom stereocenters. The van der Waals surface area contributed by atoms with Gasteiger partial charge in [-0.05, 0) is 11.6 Å². The van der Waals surface area contributed by atoms with Gasteiger partial charge in [0.05, 0.1) is 0 Å². The van der Waals surface area contributed by atoms with Crippen molar-refractivity contribution in [2.45, 2.75) is 19.4 Å². The molecule has 1 saturated heterocycles. The molecule has 2 amide bonds. The van der Waals surface area contributed by atoms with E-state index in [1.165, 1.54) is 6.41 Å². The Bertz CT molecular complexity index is 573. The van der Waals surface area contributed by atoms with E-state index in [9.17, 15) is 14.4 Å². The Balaban J connectivity index is 0.00000288. The third kappa shape index (κ3) is 4.43. The summed E-state index contributed by atoms with van der Waals surface area (Å²) in [6.45, 7) is 4.32. The van der Waals surface area contributed by atoms with Gasteiger partial charge in [-0.15, -0.1) is 0 Å². The van der Waals surface area contributed by atoms with Crippen LogP contribution in [0.1, 0.15) is 12.5 Å². The molecule has 1 aromatic rings. The summed E-state index contributed by atoms with van der Waals surface area (Å²) in [5, 5.41) is 11.1. The van der Waals surface area contributed by atoms with E-state index < -0.39 is 12.0 Å². The van der Waals surface area contributed by atoms with E-state index in [4.69, 9.17) is 5.11 Å². The van der Waals surface area contributed by atoms with Gasteiger partial charge in [-0.3, -0.25) is 9.59 Å². The summed E-state index contributed by atoms with van der Waals surface area (Å²) in [6, 6.07) is 2.60. The molecule has 0 spiro atoms. The van der Waals surface area contributed by atoms with Crippen LogP contribution in [0.4, 0.5) is 5.82 Å². The number of carboxylic acid groups (broad SMARTS) is 1. The van der Waals surface area contributed by atoms with Gasteiger partial charge in [0.25, 0.3) is 0 Å². The van der Waals surface area contributed by atoms with E-state index in [0.29, 0.717) is 31.7 Å². The summed E-state index contributed by atoms with van der Waals surface area (Å²) in [6.07, 6.45) is 3.16. The summed E-state index contributed by atoms with van der Waals surface area (Å²) in [5.41, 5.74) is 0.714. The van der Waals surface area contributed by atoms with Crippen molar-refractivity contribution >= 4 is 24.1 Å². The van der Waals surface area contributed by atoms with Crippen molar-refractivity contribution in [1.82, 2.24) is 15.2 Å². The molecule has 0 unspecified atom stereocenters. The summed E-state index contributed by atoms with van der Waals surface area (Å²) in [7, 11) is 0. The predicted octanol–water partition coefficient (Wildman–Crippen LogP) is -0.597. The Morgan fingerprint density at radius 2 is 2.00 bits per heavy atom.